The van der Waals surface area contributed by atoms with E-state index in [0.29, 0.717) is 18.3 Å². The lowest BCUT2D eigenvalue weighted by Crippen LogP contribution is -2.32. The van der Waals surface area contributed by atoms with Crippen molar-refractivity contribution in [2.45, 2.75) is 25.4 Å². The summed E-state index contributed by atoms with van der Waals surface area (Å²) in [5.41, 5.74) is 2.83. The van der Waals surface area contributed by atoms with Gasteiger partial charge in [0.05, 0.1) is 0 Å². The van der Waals surface area contributed by atoms with E-state index in [4.69, 9.17) is 0 Å². The zero-order chi connectivity index (χ0) is 15.8. The molecule has 1 N–H and O–H groups in total. The molecule has 0 spiro atoms. The van der Waals surface area contributed by atoms with Crippen LogP contribution in [0.4, 0.5) is 0 Å². The molecule has 3 nitrogen and oxygen atoms in total. The van der Waals surface area contributed by atoms with E-state index < -0.39 is 0 Å². The summed E-state index contributed by atoms with van der Waals surface area (Å²) in [7, 11) is 0. The summed E-state index contributed by atoms with van der Waals surface area (Å²) in [6, 6.07) is 18.5. The van der Waals surface area contributed by atoms with Crippen molar-refractivity contribution in [2.75, 3.05) is 0 Å². The number of hydrogen-bond donors (Lipinski definition) is 1. The molecule has 1 saturated carbocycles. The summed E-state index contributed by atoms with van der Waals surface area (Å²) < 4.78 is 1.05. The average molecular weight is 369 g/mol. The van der Waals surface area contributed by atoms with Crippen molar-refractivity contribution in [3.8, 4) is 0 Å². The number of aromatic amines is 1. The molecule has 4 heteroatoms. The first-order valence-corrected chi connectivity index (χ1v) is 8.63. The molecule has 1 aliphatic rings. The highest BCUT2D eigenvalue weighted by Gasteiger charge is 2.33. The second-order valence-corrected chi connectivity index (χ2v) is 6.98. The number of fused-ring (bicyclic) bond motifs is 1. The van der Waals surface area contributed by atoms with Crippen LogP contribution in [-0.4, -0.2) is 21.8 Å². The molecule has 1 aliphatic carbocycles. The van der Waals surface area contributed by atoms with Gasteiger partial charge < -0.3 is 9.88 Å². The summed E-state index contributed by atoms with van der Waals surface area (Å²) in [6.45, 7) is 0.651. The molecule has 1 aromatic heterocycles. The van der Waals surface area contributed by atoms with Gasteiger partial charge in [-0.1, -0.05) is 46.3 Å². The molecule has 2 aromatic carbocycles. The minimum absolute atomic E-state index is 0.0867. The summed E-state index contributed by atoms with van der Waals surface area (Å²) in [6.07, 6.45) is 2.19. The summed E-state index contributed by atoms with van der Waals surface area (Å²) in [5.74, 6) is 0.0867. The highest BCUT2D eigenvalue weighted by atomic mass is 79.9. The highest BCUT2D eigenvalue weighted by Crippen LogP contribution is 2.30. The Balaban J connectivity index is 1.63. The van der Waals surface area contributed by atoms with E-state index in [1.54, 1.807) is 0 Å². The number of H-pyrrole nitrogens is 1. The molecule has 3 aromatic rings. The van der Waals surface area contributed by atoms with Crippen molar-refractivity contribution in [1.82, 2.24) is 9.88 Å². The van der Waals surface area contributed by atoms with Gasteiger partial charge in [-0.05, 0) is 42.7 Å². The summed E-state index contributed by atoms with van der Waals surface area (Å²) in [5, 5.41) is 1.08. The van der Waals surface area contributed by atoms with E-state index in [-0.39, 0.29) is 5.91 Å². The Kier molecular flexibility index (Phi) is 3.69. The van der Waals surface area contributed by atoms with Crippen LogP contribution >= 0.6 is 15.9 Å². The standard InChI is InChI=1S/C19H17BrN2O/c20-15-6-3-4-13(10-15)12-22(16-8-9-16)19(23)18-11-14-5-1-2-7-17(14)21-18/h1-7,10-11,16,21H,8-9,12H2. The van der Waals surface area contributed by atoms with Gasteiger partial charge in [0.1, 0.15) is 5.69 Å². The van der Waals surface area contributed by atoms with Gasteiger partial charge in [0.25, 0.3) is 5.91 Å². The molecule has 116 valence electrons. The molecular formula is C19H17BrN2O. The fraction of sp³-hybridized carbons (Fsp3) is 0.211. The van der Waals surface area contributed by atoms with Crippen molar-refractivity contribution >= 4 is 32.7 Å². The lowest BCUT2D eigenvalue weighted by atomic mass is 10.2. The highest BCUT2D eigenvalue weighted by molar-refractivity contribution is 9.10. The van der Waals surface area contributed by atoms with Crippen molar-refractivity contribution < 1.29 is 4.79 Å². The monoisotopic (exact) mass is 368 g/mol. The van der Waals surface area contributed by atoms with Crippen molar-refractivity contribution in [2.24, 2.45) is 0 Å². The third-order valence-corrected chi connectivity index (χ3v) is 4.74. The Hall–Kier alpha value is -2.07. The SMILES string of the molecule is O=C(c1cc2ccccc2[nH]1)N(Cc1cccc(Br)c1)C1CC1. The number of hydrogen-bond acceptors (Lipinski definition) is 1. The van der Waals surface area contributed by atoms with Crippen LogP contribution in [0, 0.1) is 0 Å². The van der Waals surface area contributed by atoms with Gasteiger partial charge in [-0.15, -0.1) is 0 Å². The van der Waals surface area contributed by atoms with Crippen LogP contribution < -0.4 is 0 Å². The van der Waals surface area contributed by atoms with E-state index in [2.05, 4.69) is 33.0 Å². The number of nitrogens with zero attached hydrogens (tertiary/aromatic N) is 1. The van der Waals surface area contributed by atoms with Crippen molar-refractivity contribution in [3.63, 3.8) is 0 Å². The lowest BCUT2D eigenvalue weighted by Gasteiger charge is -2.22. The predicted molar refractivity (Wildman–Crippen MR) is 95.3 cm³/mol. The third kappa shape index (κ3) is 3.04. The van der Waals surface area contributed by atoms with Gasteiger partial charge in [-0.3, -0.25) is 4.79 Å². The van der Waals surface area contributed by atoms with Gasteiger partial charge in [-0.2, -0.15) is 0 Å². The number of nitrogens with one attached hydrogen (secondary N) is 1. The van der Waals surface area contributed by atoms with Crippen LogP contribution in [0.1, 0.15) is 28.9 Å². The Morgan fingerprint density at radius 3 is 2.70 bits per heavy atom. The molecule has 0 aliphatic heterocycles. The van der Waals surface area contributed by atoms with Crippen LogP contribution in [-0.2, 0) is 6.54 Å². The normalized spacial score (nSPS) is 14.1. The minimum Gasteiger partial charge on any atom is -0.351 e. The molecule has 0 atom stereocenters. The van der Waals surface area contributed by atoms with Gasteiger partial charge in [-0.25, -0.2) is 0 Å². The zero-order valence-corrected chi connectivity index (χ0v) is 14.2. The number of carbonyl (C=O) groups is 1. The maximum Gasteiger partial charge on any atom is 0.270 e. The molecule has 0 saturated heterocycles. The largest absolute Gasteiger partial charge is 0.351 e. The van der Waals surface area contributed by atoms with Crippen molar-refractivity contribution in [3.05, 3.63) is 70.3 Å². The molecule has 23 heavy (non-hydrogen) atoms. The van der Waals surface area contributed by atoms with Crippen LogP contribution in [0.25, 0.3) is 10.9 Å². The lowest BCUT2D eigenvalue weighted by molar-refractivity contribution is 0.0725. The van der Waals surface area contributed by atoms with E-state index in [0.717, 1.165) is 33.8 Å². The average Bonchev–Trinajstić information content (AvgIpc) is 3.30. The first kappa shape index (κ1) is 14.5. The number of aromatic nitrogens is 1. The van der Waals surface area contributed by atoms with Gasteiger partial charge in [0, 0.05) is 28.0 Å². The van der Waals surface area contributed by atoms with E-state index in [1.807, 2.05) is 47.4 Å². The third-order valence-electron chi connectivity index (χ3n) is 4.25. The second kappa shape index (κ2) is 5.85. The van der Waals surface area contributed by atoms with Crippen LogP contribution in [0.15, 0.2) is 59.1 Å². The fourth-order valence-corrected chi connectivity index (χ4v) is 3.37. The Morgan fingerprint density at radius 1 is 1.13 bits per heavy atom. The van der Waals surface area contributed by atoms with Crippen molar-refractivity contribution in [1.29, 1.82) is 0 Å². The minimum atomic E-state index is 0.0867. The molecule has 1 heterocycles. The Bertz CT molecular complexity index is 833. The first-order chi connectivity index (χ1) is 11.2. The van der Waals surface area contributed by atoms with E-state index in [1.165, 1.54) is 0 Å². The molecule has 4 rings (SSSR count). The first-order valence-electron chi connectivity index (χ1n) is 7.84. The molecule has 0 unspecified atom stereocenters. The number of rotatable bonds is 4. The molecule has 1 amide bonds. The molecule has 0 bridgehead atoms. The second-order valence-electron chi connectivity index (χ2n) is 6.06. The Labute approximate surface area is 143 Å². The molecular weight excluding hydrogens is 352 g/mol. The number of benzene rings is 2. The number of carbonyl (C=O) groups excluding carboxylic acids is 1. The summed E-state index contributed by atoms with van der Waals surface area (Å²) in [4.78, 5) is 18.2. The van der Waals surface area contributed by atoms with E-state index in [9.17, 15) is 4.79 Å². The van der Waals surface area contributed by atoms with Crippen LogP contribution in [0.2, 0.25) is 0 Å². The van der Waals surface area contributed by atoms with Crippen LogP contribution in [0.3, 0.4) is 0 Å². The maximum atomic E-state index is 13.0. The zero-order valence-electron chi connectivity index (χ0n) is 12.6. The summed E-state index contributed by atoms with van der Waals surface area (Å²) >= 11 is 3.50. The van der Waals surface area contributed by atoms with Gasteiger partial charge in [0.15, 0.2) is 0 Å². The van der Waals surface area contributed by atoms with E-state index >= 15 is 0 Å². The van der Waals surface area contributed by atoms with Crippen LogP contribution in [0.5, 0.6) is 0 Å². The van der Waals surface area contributed by atoms with Gasteiger partial charge >= 0.3 is 0 Å². The molecule has 1 fully saturated rings. The Morgan fingerprint density at radius 2 is 1.96 bits per heavy atom. The maximum absolute atomic E-state index is 13.0. The topological polar surface area (TPSA) is 36.1 Å². The number of para-hydroxylation sites is 1. The number of amides is 1. The smallest absolute Gasteiger partial charge is 0.270 e. The molecule has 0 radical (unpaired) electrons. The quantitative estimate of drug-likeness (QED) is 0.709. The fourth-order valence-electron chi connectivity index (χ4n) is 2.93. The van der Waals surface area contributed by atoms with Gasteiger partial charge in [0.2, 0.25) is 0 Å². The predicted octanol–water partition coefficient (Wildman–Crippen LogP) is 4.74. The number of halogens is 1.